The molecular formula is C21H24N6O2S. The summed E-state index contributed by atoms with van der Waals surface area (Å²) in [5.41, 5.74) is 6.30. The molecule has 0 aliphatic carbocycles. The number of hydrazone groups is 1. The third-order valence-electron chi connectivity index (χ3n) is 4.74. The molecule has 0 radical (unpaired) electrons. The van der Waals surface area contributed by atoms with Crippen LogP contribution in [0.15, 0.2) is 41.5 Å². The van der Waals surface area contributed by atoms with Crippen molar-refractivity contribution in [1.82, 2.24) is 20.2 Å². The number of thiazole rings is 1. The van der Waals surface area contributed by atoms with E-state index in [1.807, 2.05) is 50.2 Å². The van der Waals surface area contributed by atoms with Crippen molar-refractivity contribution in [2.45, 2.75) is 20.4 Å². The molecule has 4 rings (SSSR count). The van der Waals surface area contributed by atoms with Gasteiger partial charge in [0.15, 0.2) is 5.13 Å². The Hall–Kier alpha value is -3.04. The maximum atomic E-state index is 12.3. The second kappa shape index (κ2) is 9.19. The number of amides is 1. The minimum atomic E-state index is -0.225. The molecule has 0 saturated carbocycles. The summed E-state index contributed by atoms with van der Waals surface area (Å²) in [7, 11) is 0. The molecule has 9 heteroatoms. The van der Waals surface area contributed by atoms with Gasteiger partial charge in [-0.3, -0.25) is 9.48 Å². The number of anilines is 1. The van der Waals surface area contributed by atoms with Crippen LogP contribution in [-0.4, -0.2) is 53.2 Å². The smallest absolute Gasteiger partial charge is 0.261 e. The quantitative estimate of drug-likeness (QED) is 0.486. The monoisotopic (exact) mass is 424 g/mol. The van der Waals surface area contributed by atoms with E-state index in [-0.39, 0.29) is 12.5 Å². The highest BCUT2D eigenvalue weighted by atomic mass is 32.1. The average Bonchev–Trinajstić information content (AvgIpc) is 3.32. The third-order valence-corrected chi connectivity index (χ3v) is 5.79. The summed E-state index contributed by atoms with van der Waals surface area (Å²) in [6.45, 7) is 6.99. The van der Waals surface area contributed by atoms with E-state index >= 15 is 0 Å². The molecule has 0 bridgehead atoms. The second-order valence-corrected chi connectivity index (χ2v) is 8.06. The zero-order valence-electron chi connectivity index (χ0n) is 17.0. The van der Waals surface area contributed by atoms with E-state index in [1.54, 1.807) is 22.2 Å². The highest BCUT2D eigenvalue weighted by molar-refractivity contribution is 7.17. The standard InChI is InChI=1S/C21H24N6O2S/c1-15-12-16(2)27(25-15)14-19(28)24-22-13-18-20(17-6-4-3-5-7-17)23-21(30-18)26-8-10-29-11-9-26/h3-7,12-13H,8-11,14H2,1-2H3,(H,24,28). The van der Waals surface area contributed by atoms with Gasteiger partial charge in [0.2, 0.25) is 0 Å². The fourth-order valence-electron chi connectivity index (χ4n) is 3.27. The van der Waals surface area contributed by atoms with E-state index in [1.165, 1.54) is 0 Å². The van der Waals surface area contributed by atoms with Gasteiger partial charge in [-0.1, -0.05) is 41.7 Å². The molecule has 3 aromatic rings. The molecule has 30 heavy (non-hydrogen) atoms. The van der Waals surface area contributed by atoms with Gasteiger partial charge >= 0.3 is 0 Å². The number of aryl methyl sites for hydroxylation is 2. The van der Waals surface area contributed by atoms with E-state index in [0.29, 0.717) is 13.2 Å². The van der Waals surface area contributed by atoms with Gasteiger partial charge < -0.3 is 9.64 Å². The Balaban J connectivity index is 1.51. The minimum absolute atomic E-state index is 0.129. The van der Waals surface area contributed by atoms with Crippen LogP contribution in [-0.2, 0) is 16.1 Å². The summed E-state index contributed by atoms with van der Waals surface area (Å²) < 4.78 is 7.11. The first-order valence-electron chi connectivity index (χ1n) is 9.82. The van der Waals surface area contributed by atoms with Gasteiger partial charge in [0.25, 0.3) is 5.91 Å². The Morgan fingerprint density at radius 1 is 1.27 bits per heavy atom. The predicted octanol–water partition coefficient (Wildman–Crippen LogP) is 2.61. The van der Waals surface area contributed by atoms with E-state index in [9.17, 15) is 4.79 Å². The number of morpholine rings is 1. The van der Waals surface area contributed by atoms with Gasteiger partial charge in [0.1, 0.15) is 6.54 Å². The number of carbonyl (C=O) groups excluding carboxylic acids is 1. The lowest BCUT2D eigenvalue weighted by Gasteiger charge is -2.26. The van der Waals surface area contributed by atoms with Crippen molar-refractivity contribution >= 4 is 28.6 Å². The number of rotatable bonds is 6. The molecule has 3 heterocycles. The van der Waals surface area contributed by atoms with Crippen LogP contribution in [0.2, 0.25) is 0 Å². The highest BCUT2D eigenvalue weighted by Gasteiger charge is 2.19. The Morgan fingerprint density at radius 3 is 2.73 bits per heavy atom. The zero-order valence-corrected chi connectivity index (χ0v) is 17.9. The summed E-state index contributed by atoms with van der Waals surface area (Å²) in [4.78, 5) is 20.2. The number of nitrogens with one attached hydrogen (secondary N) is 1. The van der Waals surface area contributed by atoms with Crippen LogP contribution in [0.3, 0.4) is 0 Å². The maximum absolute atomic E-state index is 12.3. The van der Waals surface area contributed by atoms with Crippen molar-refractivity contribution in [3.63, 3.8) is 0 Å². The largest absolute Gasteiger partial charge is 0.378 e. The van der Waals surface area contributed by atoms with Crippen molar-refractivity contribution in [3.8, 4) is 11.3 Å². The van der Waals surface area contributed by atoms with Crippen LogP contribution in [0.1, 0.15) is 16.3 Å². The molecule has 1 aliphatic rings. The van der Waals surface area contributed by atoms with Gasteiger partial charge in [-0.25, -0.2) is 10.4 Å². The summed E-state index contributed by atoms with van der Waals surface area (Å²) in [6, 6.07) is 11.9. The van der Waals surface area contributed by atoms with Crippen LogP contribution < -0.4 is 10.3 Å². The van der Waals surface area contributed by atoms with Crippen LogP contribution in [0, 0.1) is 13.8 Å². The first-order valence-corrected chi connectivity index (χ1v) is 10.6. The van der Waals surface area contributed by atoms with Crippen molar-refractivity contribution in [2.75, 3.05) is 31.2 Å². The number of hydrogen-bond acceptors (Lipinski definition) is 7. The van der Waals surface area contributed by atoms with Crippen molar-refractivity contribution in [3.05, 3.63) is 52.7 Å². The minimum Gasteiger partial charge on any atom is -0.378 e. The first kappa shape index (κ1) is 20.2. The summed E-state index contributed by atoms with van der Waals surface area (Å²) >= 11 is 1.56. The Kier molecular flexibility index (Phi) is 6.20. The Bertz CT molecular complexity index is 1040. The Morgan fingerprint density at radius 2 is 2.03 bits per heavy atom. The van der Waals surface area contributed by atoms with Gasteiger partial charge in [-0.15, -0.1) is 0 Å². The van der Waals surface area contributed by atoms with E-state index in [4.69, 9.17) is 9.72 Å². The molecule has 1 amide bonds. The summed E-state index contributed by atoms with van der Waals surface area (Å²) in [6.07, 6.45) is 1.67. The molecule has 8 nitrogen and oxygen atoms in total. The van der Waals surface area contributed by atoms with Gasteiger partial charge in [0.05, 0.1) is 35.7 Å². The van der Waals surface area contributed by atoms with E-state index in [0.717, 1.165) is 45.7 Å². The van der Waals surface area contributed by atoms with E-state index < -0.39 is 0 Å². The lowest BCUT2D eigenvalue weighted by atomic mass is 10.1. The summed E-state index contributed by atoms with van der Waals surface area (Å²) in [5.74, 6) is -0.225. The van der Waals surface area contributed by atoms with Gasteiger partial charge in [0, 0.05) is 24.3 Å². The molecule has 1 aliphatic heterocycles. The van der Waals surface area contributed by atoms with Gasteiger partial charge in [-0.05, 0) is 19.9 Å². The topological polar surface area (TPSA) is 84.6 Å². The first-order chi connectivity index (χ1) is 14.6. The molecule has 1 saturated heterocycles. The molecule has 0 atom stereocenters. The molecule has 2 aromatic heterocycles. The second-order valence-electron chi connectivity index (χ2n) is 7.05. The number of ether oxygens (including phenoxy) is 1. The molecule has 1 fully saturated rings. The Labute approximate surface area is 179 Å². The lowest BCUT2D eigenvalue weighted by Crippen LogP contribution is -2.36. The van der Waals surface area contributed by atoms with Crippen LogP contribution >= 0.6 is 11.3 Å². The number of benzene rings is 1. The molecule has 0 unspecified atom stereocenters. The number of carbonyl (C=O) groups is 1. The molecule has 1 aromatic carbocycles. The highest BCUT2D eigenvalue weighted by Crippen LogP contribution is 2.32. The molecule has 156 valence electrons. The van der Waals surface area contributed by atoms with Crippen molar-refractivity contribution < 1.29 is 9.53 Å². The van der Waals surface area contributed by atoms with Crippen molar-refractivity contribution in [2.24, 2.45) is 5.10 Å². The van der Waals surface area contributed by atoms with Crippen LogP contribution in [0.5, 0.6) is 0 Å². The molecule has 0 spiro atoms. The SMILES string of the molecule is Cc1cc(C)n(CC(=O)NN=Cc2sc(N3CCOCC3)nc2-c2ccccc2)n1. The third kappa shape index (κ3) is 4.74. The number of nitrogens with zero attached hydrogens (tertiary/aromatic N) is 5. The summed E-state index contributed by atoms with van der Waals surface area (Å²) in [5, 5.41) is 9.42. The number of hydrogen-bond donors (Lipinski definition) is 1. The van der Waals surface area contributed by atoms with E-state index in [2.05, 4.69) is 20.5 Å². The maximum Gasteiger partial charge on any atom is 0.261 e. The average molecular weight is 425 g/mol. The van der Waals surface area contributed by atoms with Crippen LogP contribution in [0.4, 0.5) is 5.13 Å². The van der Waals surface area contributed by atoms with Gasteiger partial charge in [-0.2, -0.15) is 10.2 Å². The zero-order chi connectivity index (χ0) is 20.9. The number of aromatic nitrogens is 3. The normalized spacial score (nSPS) is 14.4. The lowest BCUT2D eigenvalue weighted by molar-refractivity contribution is -0.121. The van der Waals surface area contributed by atoms with Crippen molar-refractivity contribution in [1.29, 1.82) is 0 Å². The predicted molar refractivity (Wildman–Crippen MR) is 118 cm³/mol. The fourth-order valence-corrected chi connectivity index (χ4v) is 4.28. The fraction of sp³-hybridized carbons (Fsp3) is 0.333. The van der Waals surface area contributed by atoms with Crippen LogP contribution in [0.25, 0.3) is 11.3 Å². The molecular weight excluding hydrogens is 400 g/mol. The molecule has 1 N–H and O–H groups in total.